The Hall–Kier alpha value is -0.920. The average molecular weight is 178 g/mol. The van der Waals surface area contributed by atoms with E-state index in [-0.39, 0.29) is 0 Å². The van der Waals surface area contributed by atoms with Gasteiger partial charge in [0.15, 0.2) is 0 Å². The highest BCUT2D eigenvalue weighted by Crippen LogP contribution is 2.27. The Balaban J connectivity index is 2.12. The highest BCUT2D eigenvalue weighted by molar-refractivity contribution is 5.24. The summed E-state index contributed by atoms with van der Waals surface area (Å²) in [5.41, 5.74) is 8.30. The summed E-state index contributed by atoms with van der Waals surface area (Å²) in [7, 11) is 0. The predicted molar refractivity (Wildman–Crippen MR) is 54.9 cm³/mol. The molecule has 1 atom stereocenters. The van der Waals surface area contributed by atoms with Gasteiger partial charge in [-0.25, -0.2) is 0 Å². The fourth-order valence-electron chi connectivity index (χ4n) is 2.28. The maximum absolute atomic E-state index is 5.78. The molecule has 0 aromatic carbocycles. The van der Waals surface area contributed by atoms with E-state index in [4.69, 9.17) is 5.73 Å². The first-order chi connectivity index (χ1) is 6.27. The Morgan fingerprint density at radius 2 is 2.00 bits per heavy atom. The Morgan fingerprint density at radius 1 is 1.31 bits per heavy atom. The van der Waals surface area contributed by atoms with E-state index in [0.717, 1.165) is 12.1 Å². The molecule has 0 saturated carbocycles. The third-order valence-electron chi connectivity index (χ3n) is 2.99. The smallest absolute Gasteiger partial charge is 0.0175 e. The van der Waals surface area contributed by atoms with E-state index in [1.54, 1.807) is 0 Å². The minimum atomic E-state index is 0.614. The Morgan fingerprint density at radius 3 is 2.62 bits per heavy atom. The second-order valence-corrected chi connectivity index (χ2v) is 4.13. The summed E-state index contributed by atoms with van der Waals surface area (Å²) >= 11 is 0. The van der Waals surface area contributed by atoms with Gasteiger partial charge in [0.05, 0.1) is 0 Å². The van der Waals surface area contributed by atoms with Crippen molar-refractivity contribution in [1.82, 2.24) is 4.90 Å². The van der Waals surface area contributed by atoms with Gasteiger partial charge in [-0.2, -0.15) is 0 Å². The molecular formula is C11H18N2. The molecule has 2 aliphatic rings. The van der Waals surface area contributed by atoms with Gasteiger partial charge in [0.25, 0.3) is 0 Å². The zero-order valence-electron chi connectivity index (χ0n) is 8.29. The summed E-state index contributed by atoms with van der Waals surface area (Å²) in [5.74, 6) is 0.614. The summed E-state index contributed by atoms with van der Waals surface area (Å²) in [6, 6.07) is 0. The summed E-state index contributed by atoms with van der Waals surface area (Å²) in [6.07, 6.45) is 8.00. The molecule has 0 amide bonds. The van der Waals surface area contributed by atoms with Crippen molar-refractivity contribution in [2.75, 3.05) is 13.1 Å². The maximum Gasteiger partial charge on any atom is 0.0175 e. The van der Waals surface area contributed by atoms with Crippen molar-refractivity contribution in [3.63, 3.8) is 0 Å². The van der Waals surface area contributed by atoms with Crippen molar-refractivity contribution in [3.05, 3.63) is 23.5 Å². The van der Waals surface area contributed by atoms with Crippen LogP contribution < -0.4 is 5.73 Å². The van der Waals surface area contributed by atoms with Gasteiger partial charge < -0.3 is 10.6 Å². The normalized spacial score (nSPS) is 28.7. The summed E-state index contributed by atoms with van der Waals surface area (Å²) in [6.45, 7) is 4.75. The van der Waals surface area contributed by atoms with Gasteiger partial charge in [-0.05, 0) is 31.4 Å². The van der Waals surface area contributed by atoms with Crippen LogP contribution in [-0.2, 0) is 0 Å². The minimum Gasteiger partial charge on any atom is -0.402 e. The van der Waals surface area contributed by atoms with Gasteiger partial charge in [-0.1, -0.05) is 6.92 Å². The van der Waals surface area contributed by atoms with E-state index >= 15 is 0 Å². The molecule has 1 aliphatic carbocycles. The molecule has 0 aromatic heterocycles. The first-order valence-corrected chi connectivity index (χ1v) is 5.18. The molecule has 0 bridgehead atoms. The van der Waals surface area contributed by atoms with E-state index in [2.05, 4.69) is 24.0 Å². The molecular weight excluding hydrogens is 160 g/mol. The lowest BCUT2D eigenvalue weighted by Crippen LogP contribution is -2.25. The summed E-state index contributed by atoms with van der Waals surface area (Å²) in [5, 5.41) is 0. The van der Waals surface area contributed by atoms with Crippen molar-refractivity contribution in [2.45, 2.75) is 26.2 Å². The molecule has 13 heavy (non-hydrogen) atoms. The Labute approximate surface area is 80.1 Å². The van der Waals surface area contributed by atoms with Crippen molar-refractivity contribution in [1.29, 1.82) is 0 Å². The topological polar surface area (TPSA) is 29.3 Å². The molecule has 2 heteroatoms. The van der Waals surface area contributed by atoms with Crippen LogP contribution in [0.5, 0.6) is 0 Å². The van der Waals surface area contributed by atoms with E-state index < -0.39 is 0 Å². The van der Waals surface area contributed by atoms with Crippen LogP contribution >= 0.6 is 0 Å². The zero-order valence-corrected chi connectivity index (χ0v) is 8.29. The largest absolute Gasteiger partial charge is 0.402 e. The molecule has 1 aliphatic heterocycles. The number of hydrogen-bond donors (Lipinski definition) is 1. The summed E-state index contributed by atoms with van der Waals surface area (Å²) < 4.78 is 0. The average Bonchev–Trinajstić information content (AvgIpc) is 2.56. The molecule has 1 fully saturated rings. The quantitative estimate of drug-likeness (QED) is 0.664. The number of nitrogens with zero attached hydrogens (tertiary/aromatic N) is 1. The zero-order chi connectivity index (χ0) is 9.26. The predicted octanol–water partition coefficient (Wildman–Crippen LogP) is 1.85. The van der Waals surface area contributed by atoms with E-state index in [0.29, 0.717) is 5.92 Å². The van der Waals surface area contributed by atoms with Crippen molar-refractivity contribution >= 4 is 0 Å². The van der Waals surface area contributed by atoms with Crippen LogP contribution in [0, 0.1) is 5.92 Å². The number of rotatable bonds is 1. The molecule has 2 nitrogen and oxygen atoms in total. The van der Waals surface area contributed by atoms with Crippen molar-refractivity contribution in [3.8, 4) is 0 Å². The van der Waals surface area contributed by atoms with Crippen LogP contribution in [0.4, 0.5) is 0 Å². The van der Waals surface area contributed by atoms with Gasteiger partial charge in [0.2, 0.25) is 0 Å². The van der Waals surface area contributed by atoms with Gasteiger partial charge in [0, 0.05) is 30.4 Å². The van der Waals surface area contributed by atoms with Crippen molar-refractivity contribution < 1.29 is 0 Å². The SMILES string of the molecule is CC1CC(N)=CC=C1N1CCCC1. The molecule has 1 saturated heterocycles. The van der Waals surface area contributed by atoms with Gasteiger partial charge in [-0.3, -0.25) is 0 Å². The molecule has 0 radical (unpaired) electrons. The lowest BCUT2D eigenvalue weighted by molar-refractivity contribution is 0.365. The second kappa shape index (κ2) is 3.44. The first kappa shape index (κ1) is 8.67. The summed E-state index contributed by atoms with van der Waals surface area (Å²) in [4.78, 5) is 2.51. The fraction of sp³-hybridized carbons (Fsp3) is 0.636. The molecule has 2 rings (SSSR count). The van der Waals surface area contributed by atoms with Crippen LogP contribution in [0.15, 0.2) is 23.5 Å². The molecule has 0 aromatic rings. The second-order valence-electron chi connectivity index (χ2n) is 4.13. The van der Waals surface area contributed by atoms with Crippen LogP contribution in [0.3, 0.4) is 0 Å². The molecule has 0 spiro atoms. The molecule has 72 valence electrons. The number of nitrogens with two attached hydrogens (primary N) is 1. The van der Waals surface area contributed by atoms with Crippen LogP contribution in [0.25, 0.3) is 0 Å². The number of allylic oxidation sites excluding steroid dienone is 4. The lowest BCUT2D eigenvalue weighted by Gasteiger charge is -2.28. The Kier molecular flexibility index (Phi) is 2.30. The number of hydrogen-bond acceptors (Lipinski definition) is 2. The molecule has 1 unspecified atom stereocenters. The van der Waals surface area contributed by atoms with Gasteiger partial charge >= 0.3 is 0 Å². The highest BCUT2D eigenvalue weighted by Gasteiger charge is 2.21. The van der Waals surface area contributed by atoms with Crippen LogP contribution in [0.2, 0.25) is 0 Å². The maximum atomic E-state index is 5.78. The monoisotopic (exact) mass is 178 g/mol. The van der Waals surface area contributed by atoms with Crippen molar-refractivity contribution in [2.24, 2.45) is 11.7 Å². The van der Waals surface area contributed by atoms with Crippen LogP contribution in [-0.4, -0.2) is 18.0 Å². The third-order valence-corrected chi connectivity index (χ3v) is 2.99. The Bertz CT molecular complexity index is 247. The van der Waals surface area contributed by atoms with E-state index in [1.807, 2.05) is 0 Å². The fourth-order valence-corrected chi connectivity index (χ4v) is 2.28. The van der Waals surface area contributed by atoms with Crippen LogP contribution in [0.1, 0.15) is 26.2 Å². The van der Waals surface area contributed by atoms with E-state index in [1.165, 1.54) is 31.6 Å². The standard InChI is InChI=1S/C11H18N2/c1-9-8-10(12)4-5-11(9)13-6-2-3-7-13/h4-5,9H,2-3,6-8,12H2,1H3. The molecule has 1 heterocycles. The lowest BCUT2D eigenvalue weighted by atomic mass is 9.96. The third kappa shape index (κ3) is 1.71. The minimum absolute atomic E-state index is 0.614. The highest BCUT2D eigenvalue weighted by atomic mass is 15.2. The van der Waals surface area contributed by atoms with Gasteiger partial charge in [0.1, 0.15) is 0 Å². The number of likely N-dealkylation sites (tertiary alicyclic amines) is 1. The van der Waals surface area contributed by atoms with Gasteiger partial charge in [-0.15, -0.1) is 0 Å². The van der Waals surface area contributed by atoms with E-state index in [9.17, 15) is 0 Å². The molecule has 2 N–H and O–H groups in total. The first-order valence-electron chi connectivity index (χ1n) is 5.18.